The number of nitrogens with one attached hydrogen (secondary N) is 1. The van der Waals surface area contributed by atoms with Crippen molar-refractivity contribution in [1.82, 2.24) is 0 Å². The molecular formula is C15H17N3O2. The number of rotatable bonds is 6. The first-order valence-electron chi connectivity index (χ1n) is 6.44. The van der Waals surface area contributed by atoms with E-state index in [4.69, 9.17) is 15.3 Å². The van der Waals surface area contributed by atoms with E-state index in [1.165, 1.54) is 7.11 Å². The zero-order valence-corrected chi connectivity index (χ0v) is 11.6. The molecule has 5 nitrogen and oxygen atoms in total. The Morgan fingerprint density at radius 1 is 1.35 bits per heavy atom. The highest BCUT2D eigenvalue weighted by atomic mass is 16.5. The van der Waals surface area contributed by atoms with Crippen molar-refractivity contribution in [3.63, 3.8) is 0 Å². The molecule has 0 radical (unpaired) electrons. The Morgan fingerprint density at radius 3 is 2.60 bits per heavy atom. The van der Waals surface area contributed by atoms with Gasteiger partial charge in [-0.3, -0.25) is 0 Å². The molecule has 1 N–H and O–H groups in total. The molecule has 0 aliphatic rings. The topological polar surface area (TPSA) is 85.9 Å². The Balaban J connectivity index is 2.91. The van der Waals surface area contributed by atoms with Crippen LogP contribution in [0.3, 0.4) is 0 Å². The van der Waals surface area contributed by atoms with Gasteiger partial charge in [0.25, 0.3) is 0 Å². The minimum absolute atomic E-state index is 0.289. The van der Waals surface area contributed by atoms with E-state index in [0.717, 1.165) is 12.8 Å². The zero-order chi connectivity index (χ0) is 15.0. The highest BCUT2D eigenvalue weighted by molar-refractivity contribution is 5.79. The van der Waals surface area contributed by atoms with Gasteiger partial charge in [-0.05, 0) is 24.6 Å². The number of ether oxygens (including phenoxy) is 1. The lowest BCUT2D eigenvalue weighted by atomic mass is 10.1. The van der Waals surface area contributed by atoms with Crippen molar-refractivity contribution in [1.29, 1.82) is 10.5 Å². The lowest BCUT2D eigenvalue weighted by Gasteiger charge is -2.17. The Labute approximate surface area is 118 Å². The van der Waals surface area contributed by atoms with Crippen molar-refractivity contribution in [2.24, 2.45) is 0 Å². The molecule has 0 aliphatic carbocycles. The maximum atomic E-state index is 11.7. The molecule has 1 atom stereocenters. The van der Waals surface area contributed by atoms with Crippen LogP contribution in [0.1, 0.15) is 37.3 Å². The first-order valence-corrected chi connectivity index (χ1v) is 6.44. The van der Waals surface area contributed by atoms with Crippen LogP contribution >= 0.6 is 0 Å². The molecule has 0 amide bonds. The summed E-state index contributed by atoms with van der Waals surface area (Å²) in [6, 6.07) is 8.29. The molecule has 0 heterocycles. The van der Waals surface area contributed by atoms with E-state index >= 15 is 0 Å². The summed E-state index contributed by atoms with van der Waals surface area (Å²) < 4.78 is 4.76. The highest BCUT2D eigenvalue weighted by Gasteiger charge is 2.18. The number of nitrogens with zero attached hydrogens (tertiary/aromatic N) is 2. The molecule has 0 saturated heterocycles. The summed E-state index contributed by atoms with van der Waals surface area (Å²) in [5.74, 6) is -0.332. The lowest BCUT2D eigenvalue weighted by molar-refractivity contribution is -0.141. The molecule has 0 spiro atoms. The summed E-state index contributed by atoms with van der Waals surface area (Å²) in [7, 11) is 1.35. The van der Waals surface area contributed by atoms with Gasteiger partial charge >= 0.3 is 5.97 Å². The average Bonchev–Trinajstić information content (AvgIpc) is 2.50. The fourth-order valence-electron chi connectivity index (χ4n) is 1.82. The van der Waals surface area contributed by atoms with Crippen molar-refractivity contribution in [3.8, 4) is 12.1 Å². The van der Waals surface area contributed by atoms with Crippen LogP contribution in [0.15, 0.2) is 18.2 Å². The van der Waals surface area contributed by atoms with Gasteiger partial charge in [-0.25, -0.2) is 4.79 Å². The number of esters is 1. The molecule has 0 fully saturated rings. The summed E-state index contributed by atoms with van der Waals surface area (Å²) in [5.41, 5.74) is 1.24. The number of anilines is 1. The van der Waals surface area contributed by atoms with Crippen LogP contribution < -0.4 is 5.32 Å². The van der Waals surface area contributed by atoms with E-state index in [2.05, 4.69) is 5.32 Å². The molecule has 0 bridgehead atoms. The van der Waals surface area contributed by atoms with Crippen LogP contribution in [0.2, 0.25) is 0 Å². The van der Waals surface area contributed by atoms with Gasteiger partial charge in [-0.15, -0.1) is 0 Å². The standard InChI is InChI=1S/C15H17N3O2/c1-3-4-5-14(15(19)20-2)18-13-7-6-11(9-16)12(8-13)10-17/h6-8,14,18H,3-5H2,1-2H3. The molecule has 1 unspecified atom stereocenters. The Morgan fingerprint density at radius 2 is 2.05 bits per heavy atom. The zero-order valence-electron chi connectivity index (χ0n) is 11.6. The van der Waals surface area contributed by atoms with Gasteiger partial charge in [0.15, 0.2) is 0 Å². The number of benzene rings is 1. The predicted octanol–water partition coefficient (Wildman–Crippen LogP) is 2.57. The summed E-state index contributed by atoms with van der Waals surface area (Å²) in [4.78, 5) is 11.7. The largest absolute Gasteiger partial charge is 0.467 e. The molecule has 1 rings (SSSR count). The van der Waals surface area contributed by atoms with Crippen LogP contribution in [0.5, 0.6) is 0 Å². The number of methoxy groups -OCH3 is 1. The number of hydrogen-bond donors (Lipinski definition) is 1. The summed E-state index contributed by atoms with van der Waals surface area (Å²) in [6.07, 6.45) is 2.53. The second kappa shape index (κ2) is 7.81. The maximum absolute atomic E-state index is 11.7. The van der Waals surface area contributed by atoms with Crippen molar-refractivity contribution in [3.05, 3.63) is 29.3 Å². The first kappa shape index (κ1) is 15.5. The smallest absolute Gasteiger partial charge is 0.328 e. The van der Waals surface area contributed by atoms with Gasteiger partial charge in [-0.2, -0.15) is 10.5 Å². The lowest BCUT2D eigenvalue weighted by Crippen LogP contribution is -2.30. The molecular weight excluding hydrogens is 254 g/mol. The monoisotopic (exact) mass is 271 g/mol. The van der Waals surface area contributed by atoms with Crippen molar-refractivity contribution in [2.75, 3.05) is 12.4 Å². The number of unbranched alkanes of at least 4 members (excludes halogenated alkanes) is 1. The molecule has 0 aromatic heterocycles. The molecule has 0 aliphatic heterocycles. The third kappa shape index (κ3) is 4.00. The summed E-state index contributed by atoms with van der Waals surface area (Å²) >= 11 is 0. The van der Waals surface area contributed by atoms with Crippen molar-refractivity contribution < 1.29 is 9.53 Å². The number of carbonyl (C=O) groups excluding carboxylic acids is 1. The maximum Gasteiger partial charge on any atom is 0.328 e. The SMILES string of the molecule is CCCCC(Nc1ccc(C#N)c(C#N)c1)C(=O)OC. The Kier molecular flexibility index (Phi) is 6.06. The third-order valence-corrected chi connectivity index (χ3v) is 2.93. The normalized spacial score (nSPS) is 11.0. The minimum Gasteiger partial charge on any atom is -0.467 e. The van der Waals surface area contributed by atoms with Crippen LogP contribution in [-0.2, 0) is 9.53 Å². The fourth-order valence-corrected chi connectivity index (χ4v) is 1.82. The first-order chi connectivity index (χ1) is 9.65. The van der Waals surface area contributed by atoms with E-state index in [0.29, 0.717) is 17.7 Å². The van der Waals surface area contributed by atoms with Gasteiger partial charge in [-0.1, -0.05) is 19.8 Å². The van der Waals surface area contributed by atoms with Crippen LogP contribution in [-0.4, -0.2) is 19.1 Å². The second-order valence-corrected chi connectivity index (χ2v) is 4.35. The van der Waals surface area contributed by atoms with Crippen LogP contribution in [0.4, 0.5) is 5.69 Å². The highest BCUT2D eigenvalue weighted by Crippen LogP contribution is 2.17. The Hall–Kier alpha value is -2.53. The van der Waals surface area contributed by atoms with E-state index in [-0.39, 0.29) is 11.5 Å². The number of nitriles is 2. The van der Waals surface area contributed by atoms with Gasteiger partial charge in [0.2, 0.25) is 0 Å². The number of hydrogen-bond acceptors (Lipinski definition) is 5. The Bertz CT molecular complexity index is 555. The van der Waals surface area contributed by atoms with Crippen LogP contribution in [0.25, 0.3) is 0 Å². The minimum atomic E-state index is -0.445. The predicted molar refractivity (Wildman–Crippen MR) is 74.8 cm³/mol. The molecule has 1 aromatic rings. The van der Waals surface area contributed by atoms with Gasteiger partial charge in [0.05, 0.1) is 18.2 Å². The van der Waals surface area contributed by atoms with E-state index in [1.807, 2.05) is 19.1 Å². The molecule has 0 saturated carbocycles. The van der Waals surface area contributed by atoms with Gasteiger partial charge in [0, 0.05) is 5.69 Å². The summed E-state index contributed by atoms with van der Waals surface area (Å²) in [6.45, 7) is 2.05. The van der Waals surface area contributed by atoms with E-state index in [9.17, 15) is 4.79 Å². The third-order valence-electron chi connectivity index (χ3n) is 2.93. The molecule has 5 heteroatoms. The van der Waals surface area contributed by atoms with Crippen molar-refractivity contribution in [2.45, 2.75) is 32.2 Å². The molecule has 20 heavy (non-hydrogen) atoms. The number of carbonyl (C=O) groups is 1. The van der Waals surface area contributed by atoms with Gasteiger partial charge < -0.3 is 10.1 Å². The molecule has 1 aromatic carbocycles. The summed E-state index contributed by atoms with van der Waals surface area (Å²) in [5, 5.41) is 20.9. The quantitative estimate of drug-likeness (QED) is 0.803. The fraction of sp³-hybridized carbons (Fsp3) is 0.400. The van der Waals surface area contributed by atoms with E-state index < -0.39 is 6.04 Å². The average molecular weight is 271 g/mol. The van der Waals surface area contributed by atoms with Gasteiger partial charge in [0.1, 0.15) is 18.2 Å². The van der Waals surface area contributed by atoms with E-state index in [1.54, 1.807) is 18.2 Å². The van der Waals surface area contributed by atoms with Crippen molar-refractivity contribution >= 4 is 11.7 Å². The van der Waals surface area contributed by atoms with Crippen LogP contribution in [0, 0.1) is 22.7 Å². The molecule has 104 valence electrons. The second-order valence-electron chi connectivity index (χ2n) is 4.35.